The molecule has 114 valence electrons. The summed E-state index contributed by atoms with van der Waals surface area (Å²) in [5.41, 5.74) is 0. The second-order valence-electron chi connectivity index (χ2n) is 5.60. The average Bonchev–Trinajstić information content (AvgIpc) is 2.40. The minimum atomic E-state index is -0.925. The zero-order valence-electron chi connectivity index (χ0n) is 11.7. The first-order valence-electron chi connectivity index (χ1n) is 7.02. The lowest BCUT2D eigenvalue weighted by molar-refractivity contribution is -0.141. The number of aliphatic hydroxyl groups excluding tert-OH is 1. The molecule has 2 fully saturated rings. The summed E-state index contributed by atoms with van der Waals surface area (Å²) in [5.74, 6) is -0.713. The van der Waals surface area contributed by atoms with Gasteiger partial charge in [-0.1, -0.05) is 6.92 Å². The number of likely N-dealkylation sites (tertiary alicyclic amines) is 1. The molecule has 7 nitrogen and oxygen atoms in total. The number of carbonyl (C=O) groups excluding carboxylic acids is 1. The molecule has 2 amide bonds. The SMILES string of the molecule is CC1CCN(C(=O)N2CCOC(CC(=O)O)C2)CC1O. The van der Waals surface area contributed by atoms with Crippen molar-refractivity contribution in [3.05, 3.63) is 0 Å². The van der Waals surface area contributed by atoms with E-state index in [1.165, 1.54) is 0 Å². The number of hydrogen-bond acceptors (Lipinski definition) is 4. The third kappa shape index (κ3) is 3.61. The number of carbonyl (C=O) groups is 2. The highest BCUT2D eigenvalue weighted by molar-refractivity contribution is 5.75. The Labute approximate surface area is 118 Å². The van der Waals surface area contributed by atoms with E-state index in [4.69, 9.17) is 9.84 Å². The number of amides is 2. The zero-order chi connectivity index (χ0) is 14.7. The van der Waals surface area contributed by atoms with E-state index >= 15 is 0 Å². The van der Waals surface area contributed by atoms with Crippen molar-refractivity contribution in [2.24, 2.45) is 5.92 Å². The number of rotatable bonds is 2. The van der Waals surface area contributed by atoms with Crippen LogP contribution in [0.15, 0.2) is 0 Å². The first-order chi connectivity index (χ1) is 9.47. The number of urea groups is 1. The summed E-state index contributed by atoms with van der Waals surface area (Å²) in [4.78, 5) is 26.3. The Morgan fingerprint density at radius 1 is 1.25 bits per heavy atom. The predicted molar refractivity (Wildman–Crippen MR) is 70.3 cm³/mol. The molecule has 0 aliphatic carbocycles. The topological polar surface area (TPSA) is 90.3 Å². The Morgan fingerprint density at radius 2 is 1.95 bits per heavy atom. The van der Waals surface area contributed by atoms with E-state index in [1.807, 2.05) is 6.92 Å². The van der Waals surface area contributed by atoms with E-state index < -0.39 is 18.2 Å². The van der Waals surface area contributed by atoms with Gasteiger partial charge in [-0.2, -0.15) is 0 Å². The van der Waals surface area contributed by atoms with Crippen LogP contribution in [0.4, 0.5) is 4.79 Å². The molecular weight excluding hydrogens is 264 g/mol. The van der Waals surface area contributed by atoms with Crippen molar-refractivity contribution in [3.63, 3.8) is 0 Å². The molecule has 0 aromatic carbocycles. The summed E-state index contributed by atoms with van der Waals surface area (Å²) in [6, 6.07) is -0.130. The molecule has 0 aromatic rings. The van der Waals surface area contributed by atoms with Gasteiger partial charge in [-0.25, -0.2) is 4.79 Å². The second kappa shape index (κ2) is 6.41. The van der Waals surface area contributed by atoms with Gasteiger partial charge in [-0.3, -0.25) is 4.79 Å². The van der Waals surface area contributed by atoms with Crippen molar-refractivity contribution in [1.29, 1.82) is 0 Å². The van der Waals surface area contributed by atoms with Crippen LogP contribution >= 0.6 is 0 Å². The maximum absolute atomic E-state index is 12.4. The van der Waals surface area contributed by atoms with E-state index in [2.05, 4.69) is 0 Å². The molecule has 20 heavy (non-hydrogen) atoms. The van der Waals surface area contributed by atoms with Crippen LogP contribution in [0, 0.1) is 5.92 Å². The van der Waals surface area contributed by atoms with Gasteiger partial charge in [0.05, 0.1) is 25.2 Å². The van der Waals surface area contributed by atoms with Gasteiger partial charge < -0.3 is 24.7 Å². The summed E-state index contributed by atoms with van der Waals surface area (Å²) in [7, 11) is 0. The van der Waals surface area contributed by atoms with Crippen molar-refractivity contribution in [3.8, 4) is 0 Å². The standard InChI is InChI=1S/C13H22N2O5/c1-9-2-3-14(8-11(9)16)13(19)15-4-5-20-10(7-15)6-12(17)18/h9-11,16H,2-8H2,1H3,(H,17,18). The Bertz CT molecular complexity index is 376. The molecule has 0 bridgehead atoms. The number of ether oxygens (including phenoxy) is 1. The van der Waals surface area contributed by atoms with Crippen LogP contribution < -0.4 is 0 Å². The number of hydrogen-bond donors (Lipinski definition) is 2. The van der Waals surface area contributed by atoms with Gasteiger partial charge in [-0.15, -0.1) is 0 Å². The van der Waals surface area contributed by atoms with Crippen LogP contribution in [-0.2, 0) is 9.53 Å². The number of piperidine rings is 1. The van der Waals surface area contributed by atoms with E-state index in [9.17, 15) is 14.7 Å². The summed E-state index contributed by atoms with van der Waals surface area (Å²) >= 11 is 0. The maximum atomic E-state index is 12.4. The summed E-state index contributed by atoms with van der Waals surface area (Å²) in [6.45, 7) is 4.09. The smallest absolute Gasteiger partial charge is 0.320 e. The van der Waals surface area contributed by atoms with Gasteiger partial charge in [0.1, 0.15) is 0 Å². The Morgan fingerprint density at radius 3 is 2.60 bits per heavy atom. The quantitative estimate of drug-likeness (QED) is 0.745. The number of aliphatic hydroxyl groups is 1. The highest BCUT2D eigenvalue weighted by atomic mass is 16.5. The van der Waals surface area contributed by atoms with Gasteiger partial charge in [0.15, 0.2) is 0 Å². The fraction of sp³-hybridized carbons (Fsp3) is 0.846. The minimum Gasteiger partial charge on any atom is -0.481 e. The summed E-state index contributed by atoms with van der Waals surface area (Å²) in [6.07, 6.45) is -0.235. The summed E-state index contributed by atoms with van der Waals surface area (Å²) in [5, 5.41) is 18.6. The van der Waals surface area contributed by atoms with Crippen LogP contribution in [0.5, 0.6) is 0 Å². The third-order valence-corrected chi connectivity index (χ3v) is 4.00. The molecular formula is C13H22N2O5. The fourth-order valence-electron chi connectivity index (χ4n) is 2.63. The van der Waals surface area contributed by atoms with Crippen molar-refractivity contribution in [1.82, 2.24) is 9.80 Å². The normalized spacial score (nSPS) is 31.2. The fourth-order valence-corrected chi connectivity index (χ4v) is 2.63. The van der Waals surface area contributed by atoms with Gasteiger partial charge in [0.25, 0.3) is 0 Å². The number of nitrogens with zero attached hydrogens (tertiary/aromatic N) is 2. The molecule has 0 saturated carbocycles. The molecule has 7 heteroatoms. The summed E-state index contributed by atoms with van der Waals surface area (Å²) < 4.78 is 5.35. The number of carboxylic acid groups (broad SMARTS) is 1. The molecule has 0 radical (unpaired) electrons. The van der Waals surface area contributed by atoms with Gasteiger partial charge >= 0.3 is 12.0 Å². The van der Waals surface area contributed by atoms with Crippen LogP contribution in [0.2, 0.25) is 0 Å². The molecule has 3 atom stereocenters. The highest BCUT2D eigenvalue weighted by Crippen LogP contribution is 2.19. The molecule has 2 saturated heterocycles. The van der Waals surface area contributed by atoms with E-state index in [0.717, 1.165) is 6.42 Å². The van der Waals surface area contributed by atoms with Crippen molar-refractivity contribution in [2.45, 2.75) is 32.0 Å². The average molecular weight is 286 g/mol. The lowest BCUT2D eigenvalue weighted by Gasteiger charge is -2.40. The Balaban J connectivity index is 1.90. The Kier molecular flexibility index (Phi) is 4.82. The van der Waals surface area contributed by atoms with E-state index in [-0.39, 0.29) is 18.4 Å². The van der Waals surface area contributed by atoms with Gasteiger partial charge in [0, 0.05) is 26.2 Å². The molecule has 2 heterocycles. The third-order valence-electron chi connectivity index (χ3n) is 4.00. The predicted octanol–water partition coefficient (Wildman–Crippen LogP) is -0.0154. The van der Waals surface area contributed by atoms with Crippen LogP contribution in [0.25, 0.3) is 0 Å². The zero-order valence-corrected chi connectivity index (χ0v) is 11.7. The highest BCUT2D eigenvalue weighted by Gasteiger charge is 2.32. The molecule has 3 unspecified atom stereocenters. The van der Waals surface area contributed by atoms with Gasteiger partial charge in [0.2, 0.25) is 0 Å². The molecule has 2 N–H and O–H groups in total. The second-order valence-corrected chi connectivity index (χ2v) is 5.60. The number of carboxylic acids is 1. The Hall–Kier alpha value is -1.34. The van der Waals surface area contributed by atoms with Crippen molar-refractivity contribution < 1.29 is 24.5 Å². The maximum Gasteiger partial charge on any atom is 0.320 e. The monoisotopic (exact) mass is 286 g/mol. The van der Waals surface area contributed by atoms with Crippen molar-refractivity contribution >= 4 is 12.0 Å². The molecule has 2 aliphatic heterocycles. The minimum absolute atomic E-state index is 0.0938. The molecule has 0 aromatic heterocycles. The molecule has 0 spiro atoms. The molecule has 2 rings (SSSR count). The number of morpholine rings is 1. The molecule has 2 aliphatic rings. The first-order valence-corrected chi connectivity index (χ1v) is 7.02. The van der Waals surface area contributed by atoms with Crippen molar-refractivity contribution in [2.75, 3.05) is 32.8 Å². The lowest BCUT2D eigenvalue weighted by atomic mass is 9.96. The number of aliphatic carboxylic acids is 1. The van der Waals surface area contributed by atoms with Crippen LogP contribution in [-0.4, -0.2) is 77.0 Å². The van der Waals surface area contributed by atoms with E-state index in [1.54, 1.807) is 9.80 Å². The van der Waals surface area contributed by atoms with Crippen LogP contribution in [0.3, 0.4) is 0 Å². The van der Waals surface area contributed by atoms with Crippen LogP contribution in [0.1, 0.15) is 19.8 Å². The lowest BCUT2D eigenvalue weighted by Crippen LogP contribution is -2.55. The largest absolute Gasteiger partial charge is 0.481 e. The van der Waals surface area contributed by atoms with Gasteiger partial charge in [-0.05, 0) is 12.3 Å². The first kappa shape index (κ1) is 15.1. The number of β-amino-alcohol motifs (C(OH)–C–C–N with tert-alkyl or cyclic N) is 1. The van der Waals surface area contributed by atoms with E-state index in [0.29, 0.717) is 32.8 Å².